The third-order valence-electron chi connectivity index (χ3n) is 3.53. The molecule has 0 aromatic carbocycles. The zero-order valence-corrected chi connectivity index (χ0v) is 12.5. The summed E-state index contributed by atoms with van der Waals surface area (Å²) in [5, 5.41) is 8.12. The highest BCUT2D eigenvalue weighted by Gasteiger charge is 2.27. The highest BCUT2D eigenvalue weighted by Crippen LogP contribution is 2.29. The van der Waals surface area contributed by atoms with E-state index in [1.165, 1.54) is 18.5 Å². The Labute approximate surface area is 112 Å². The summed E-state index contributed by atoms with van der Waals surface area (Å²) in [6.45, 7) is 7.75. The maximum absolute atomic E-state index is 4.45. The van der Waals surface area contributed by atoms with Crippen LogP contribution in [0.4, 0.5) is 0 Å². The monoisotopic (exact) mass is 299 g/mol. The fourth-order valence-corrected chi connectivity index (χ4v) is 2.87. The topological polar surface area (TPSA) is 29.9 Å². The molecule has 0 bridgehead atoms. The SMILES string of the molecule is CCCn1ncc(Br)c1C(C)C(C)NC1CC1. The van der Waals surface area contributed by atoms with Crippen LogP contribution in [0.15, 0.2) is 10.7 Å². The fourth-order valence-electron chi connectivity index (χ4n) is 2.22. The molecular weight excluding hydrogens is 278 g/mol. The van der Waals surface area contributed by atoms with E-state index in [0.29, 0.717) is 12.0 Å². The highest BCUT2D eigenvalue weighted by atomic mass is 79.9. The molecular formula is C13H22BrN3. The van der Waals surface area contributed by atoms with Crippen LogP contribution in [0.2, 0.25) is 0 Å². The van der Waals surface area contributed by atoms with Crippen LogP contribution >= 0.6 is 15.9 Å². The summed E-state index contributed by atoms with van der Waals surface area (Å²) in [4.78, 5) is 0. The van der Waals surface area contributed by atoms with Crippen LogP contribution in [0, 0.1) is 0 Å². The third kappa shape index (κ3) is 3.10. The highest BCUT2D eigenvalue weighted by molar-refractivity contribution is 9.10. The van der Waals surface area contributed by atoms with Gasteiger partial charge in [0, 0.05) is 24.5 Å². The summed E-state index contributed by atoms with van der Waals surface area (Å²) in [5.41, 5.74) is 1.33. The van der Waals surface area contributed by atoms with Gasteiger partial charge in [0.1, 0.15) is 0 Å². The number of nitrogens with one attached hydrogen (secondary N) is 1. The van der Waals surface area contributed by atoms with Crippen molar-refractivity contribution in [2.45, 2.75) is 64.6 Å². The predicted molar refractivity (Wildman–Crippen MR) is 74.3 cm³/mol. The van der Waals surface area contributed by atoms with Gasteiger partial charge in [0.2, 0.25) is 0 Å². The van der Waals surface area contributed by atoms with Gasteiger partial charge >= 0.3 is 0 Å². The van der Waals surface area contributed by atoms with Crippen molar-refractivity contribution >= 4 is 15.9 Å². The van der Waals surface area contributed by atoms with Gasteiger partial charge in [-0.1, -0.05) is 13.8 Å². The second kappa shape index (κ2) is 5.53. The number of aryl methyl sites for hydroxylation is 1. The Kier molecular flexibility index (Phi) is 4.26. The van der Waals surface area contributed by atoms with E-state index in [0.717, 1.165) is 23.5 Å². The molecule has 1 saturated carbocycles. The van der Waals surface area contributed by atoms with Crippen LogP contribution in [0.25, 0.3) is 0 Å². The molecule has 1 heterocycles. The van der Waals surface area contributed by atoms with Gasteiger partial charge in [-0.3, -0.25) is 4.68 Å². The van der Waals surface area contributed by atoms with Gasteiger partial charge in [0.15, 0.2) is 0 Å². The van der Waals surface area contributed by atoms with Crippen molar-refractivity contribution in [3.05, 3.63) is 16.4 Å². The van der Waals surface area contributed by atoms with Crippen molar-refractivity contribution in [2.24, 2.45) is 0 Å². The molecule has 1 aromatic rings. The third-order valence-corrected chi connectivity index (χ3v) is 4.14. The molecule has 2 rings (SSSR count). The van der Waals surface area contributed by atoms with Crippen molar-refractivity contribution in [1.82, 2.24) is 15.1 Å². The average molecular weight is 300 g/mol. The molecule has 0 aliphatic heterocycles. The molecule has 2 atom stereocenters. The molecule has 0 radical (unpaired) electrons. The number of hydrogen-bond acceptors (Lipinski definition) is 2. The van der Waals surface area contributed by atoms with Crippen LogP contribution in [-0.4, -0.2) is 21.9 Å². The number of nitrogens with zero attached hydrogens (tertiary/aromatic N) is 2. The second-order valence-corrected chi connectivity index (χ2v) is 5.97. The summed E-state index contributed by atoms with van der Waals surface area (Å²) >= 11 is 3.63. The van der Waals surface area contributed by atoms with Crippen LogP contribution in [0.1, 0.15) is 51.6 Å². The molecule has 1 aliphatic carbocycles. The lowest BCUT2D eigenvalue weighted by molar-refractivity contribution is 0.443. The zero-order chi connectivity index (χ0) is 12.4. The van der Waals surface area contributed by atoms with Crippen LogP contribution < -0.4 is 5.32 Å². The van der Waals surface area contributed by atoms with E-state index in [-0.39, 0.29) is 0 Å². The first-order valence-corrected chi connectivity index (χ1v) is 7.40. The molecule has 2 unspecified atom stereocenters. The Hall–Kier alpha value is -0.350. The summed E-state index contributed by atoms with van der Waals surface area (Å²) in [7, 11) is 0. The second-order valence-electron chi connectivity index (χ2n) is 5.12. The lowest BCUT2D eigenvalue weighted by Gasteiger charge is -2.23. The van der Waals surface area contributed by atoms with E-state index in [4.69, 9.17) is 0 Å². The Morgan fingerprint density at radius 3 is 2.82 bits per heavy atom. The van der Waals surface area contributed by atoms with Crippen molar-refractivity contribution in [1.29, 1.82) is 0 Å². The minimum absolute atomic E-state index is 0.485. The van der Waals surface area contributed by atoms with Crippen molar-refractivity contribution in [2.75, 3.05) is 0 Å². The first kappa shape index (κ1) is 13.1. The van der Waals surface area contributed by atoms with Crippen LogP contribution in [0.3, 0.4) is 0 Å². The molecule has 3 nitrogen and oxygen atoms in total. The van der Waals surface area contributed by atoms with E-state index in [2.05, 4.69) is 51.8 Å². The molecule has 96 valence electrons. The lowest BCUT2D eigenvalue weighted by atomic mass is 9.99. The first-order valence-electron chi connectivity index (χ1n) is 6.60. The largest absolute Gasteiger partial charge is 0.311 e. The molecule has 0 saturated heterocycles. The Morgan fingerprint density at radius 2 is 2.24 bits per heavy atom. The van der Waals surface area contributed by atoms with Crippen LogP contribution in [0.5, 0.6) is 0 Å². The lowest BCUT2D eigenvalue weighted by Crippen LogP contribution is -2.33. The first-order chi connectivity index (χ1) is 8.13. The Balaban J connectivity index is 2.10. The van der Waals surface area contributed by atoms with Gasteiger partial charge < -0.3 is 5.32 Å². The van der Waals surface area contributed by atoms with E-state index in [1.807, 2.05) is 6.20 Å². The molecule has 1 aliphatic rings. The number of hydrogen-bond donors (Lipinski definition) is 1. The predicted octanol–water partition coefficient (Wildman–Crippen LogP) is 3.30. The number of rotatable bonds is 6. The maximum atomic E-state index is 4.45. The quantitative estimate of drug-likeness (QED) is 0.873. The van der Waals surface area contributed by atoms with Gasteiger partial charge in [-0.2, -0.15) is 5.10 Å². The van der Waals surface area contributed by atoms with E-state index in [9.17, 15) is 0 Å². The van der Waals surface area contributed by atoms with Gasteiger partial charge in [0.05, 0.1) is 16.4 Å². The summed E-state index contributed by atoms with van der Waals surface area (Å²) in [6.07, 6.45) is 5.72. The standard InChI is InChI=1S/C13H22BrN3/c1-4-7-17-13(12(14)8-15-17)9(2)10(3)16-11-5-6-11/h8-11,16H,4-7H2,1-3H3. The van der Waals surface area contributed by atoms with Crippen molar-refractivity contribution in [3.63, 3.8) is 0 Å². The summed E-state index contributed by atoms with van der Waals surface area (Å²) in [5.74, 6) is 0.485. The fraction of sp³-hybridized carbons (Fsp3) is 0.769. The molecule has 0 spiro atoms. The van der Waals surface area contributed by atoms with E-state index >= 15 is 0 Å². The number of aromatic nitrogens is 2. The van der Waals surface area contributed by atoms with Crippen molar-refractivity contribution in [3.8, 4) is 0 Å². The van der Waals surface area contributed by atoms with Crippen LogP contribution in [-0.2, 0) is 6.54 Å². The molecule has 4 heteroatoms. The van der Waals surface area contributed by atoms with Crippen molar-refractivity contribution < 1.29 is 0 Å². The van der Waals surface area contributed by atoms with Gasteiger partial charge in [-0.15, -0.1) is 0 Å². The summed E-state index contributed by atoms with van der Waals surface area (Å²) in [6, 6.07) is 1.26. The van der Waals surface area contributed by atoms with E-state index in [1.54, 1.807) is 0 Å². The number of halogens is 1. The molecule has 1 fully saturated rings. The molecule has 17 heavy (non-hydrogen) atoms. The van der Waals surface area contributed by atoms with Gasteiger partial charge in [-0.25, -0.2) is 0 Å². The molecule has 1 N–H and O–H groups in total. The van der Waals surface area contributed by atoms with E-state index < -0.39 is 0 Å². The van der Waals surface area contributed by atoms with Gasteiger partial charge in [0.25, 0.3) is 0 Å². The minimum atomic E-state index is 0.485. The normalized spacial score (nSPS) is 19.3. The molecule has 1 aromatic heterocycles. The molecule has 0 amide bonds. The smallest absolute Gasteiger partial charge is 0.0635 e. The summed E-state index contributed by atoms with van der Waals surface area (Å²) < 4.78 is 3.28. The minimum Gasteiger partial charge on any atom is -0.311 e. The Morgan fingerprint density at radius 1 is 1.53 bits per heavy atom. The average Bonchev–Trinajstić information content (AvgIpc) is 3.03. The maximum Gasteiger partial charge on any atom is 0.0635 e. The van der Waals surface area contributed by atoms with Gasteiger partial charge in [-0.05, 0) is 42.1 Å². The zero-order valence-electron chi connectivity index (χ0n) is 10.9. The Bertz CT molecular complexity index is 371.